The summed E-state index contributed by atoms with van der Waals surface area (Å²) in [5.41, 5.74) is 1.99. The Bertz CT molecular complexity index is 717. The summed E-state index contributed by atoms with van der Waals surface area (Å²) in [6.45, 7) is 0. The molecule has 0 saturated heterocycles. The molecule has 0 aliphatic rings. The van der Waals surface area contributed by atoms with Gasteiger partial charge < -0.3 is 0 Å². The van der Waals surface area contributed by atoms with Crippen molar-refractivity contribution >= 4 is 46.8 Å². The molecule has 2 aromatic rings. The standard InChI is InChI=1S/C13H7Cl3F3N3/c14-9-5-10(15)12(21-11(9)16)22-20-6-7-2-1-3-8(4-7)13(17,18)19/h1-6H,(H,21,22). The zero-order chi connectivity index (χ0) is 16.3. The van der Waals surface area contributed by atoms with Crippen LogP contribution < -0.4 is 5.43 Å². The number of aromatic nitrogens is 1. The van der Waals surface area contributed by atoms with Gasteiger partial charge >= 0.3 is 6.18 Å². The maximum absolute atomic E-state index is 12.6. The average Bonchev–Trinajstić information content (AvgIpc) is 2.44. The molecule has 22 heavy (non-hydrogen) atoms. The van der Waals surface area contributed by atoms with Gasteiger partial charge in [-0.15, -0.1) is 0 Å². The van der Waals surface area contributed by atoms with E-state index in [1.165, 1.54) is 24.4 Å². The lowest BCUT2D eigenvalue weighted by atomic mass is 10.1. The van der Waals surface area contributed by atoms with Crippen LogP contribution >= 0.6 is 34.8 Å². The first-order chi connectivity index (χ1) is 10.3. The molecule has 1 aromatic carbocycles. The van der Waals surface area contributed by atoms with Gasteiger partial charge in [-0.25, -0.2) is 4.98 Å². The molecule has 1 heterocycles. The van der Waals surface area contributed by atoms with E-state index in [2.05, 4.69) is 15.5 Å². The molecule has 0 amide bonds. The van der Waals surface area contributed by atoms with E-state index in [-0.39, 0.29) is 26.6 Å². The topological polar surface area (TPSA) is 37.3 Å². The number of halogens is 6. The summed E-state index contributed by atoms with van der Waals surface area (Å²) >= 11 is 17.3. The molecule has 0 bridgehead atoms. The van der Waals surface area contributed by atoms with Crippen LogP contribution in [0.25, 0.3) is 0 Å². The molecular formula is C13H7Cl3F3N3. The Morgan fingerprint density at radius 2 is 1.82 bits per heavy atom. The van der Waals surface area contributed by atoms with Crippen LogP contribution in [0.2, 0.25) is 15.2 Å². The van der Waals surface area contributed by atoms with Gasteiger partial charge in [-0.3, -0.25) is 5.43 Å². The zero-order valence-electron chi connectivity index (χ0n) is 10.6. The number of hydrazone groups is 1. The third-order valence-corrected chi connectivity index (χ3v) is 3.45. The van der Waals surface area contributed by atoms with Crippen LogP contribution in [-0.2, 0) is 6.18 Å². The SMILES string of the molecule is FC(F)(F)c1cccc(C=NNc2nc(Cl)c(Cl)cc2Cl)c1. The number of nitrogens with zero attached hydrogens (tertiary/aromatic N) is 2. The Kier molecular flexibility index (Phi) is 5.16. The third kappa shape index (κ3) is 4.25. The number of hydrogen-bond acceptors (Lipinski definition) is 3. The number of nitrogens with one attached hydrogen (secondary N) is 1. The Labute approximate surface area is 138 Å². The first kappa shape index (κ1) is 16.9. The van der Waals surface area contributed by atoms with Gasteiger partial charge in [-0.1, -0.05) is 46.9 Å². The van der Waals surface area contributed by atoms with Crippen LogP contribution in [0.15, 0.2) is 35.4 Å². The quantitative estimate of drug-likeness (QED) is 0.441. The first-order valence-electron chi connectivity index (χ1n) is 5.75. The number of alkyl halides is 3. The number of anilines is 1. The summed E-state index contributed by atoms with van der Waals surface area (Å²) in [5.74, 6) is 0.138. The normalized spacial score (nSPS) is 11.9. The zero-order valence-corrected chi connectivity index (χ0v) is 12.9. The summed E-state index contributed by atoms with van der Waals surface area (Å²) in [6, 6.07) is 6.08. The van der Waals surface area contributed by atoms with Crippen LogP contribution in [0.3, 0.4) is 0 Å². The molecule has 116 valence electrons. The van der Waals surface area contributed by atoms with Gasteiger partial charge in [-0.2, -0.15) is 18.3 Å². The van der Waals surface area contributed by atoms with E-state index in [4.69, 9.17) is 34.8 Å². The van der Waals surface area contributed by atoms with E-state index in [0.29, 0.717) is 0 Å². The monoisotopic (exact) mass is 367 g/mol. The fourth-order valence-corrected chi connectivity index (χ4v) is 2.03. The second-order valence-electron chi connectivity index (χ2n) is 4.08. The van der Waals surface area contributed by atoms with Gasteiger partial charge in [-0.05, 0) is 23.8 Å². The molecule has 1 N–H and O–H groups in total. The molecule has 0 saturated carbocycles. The van der Waals surface area contributed by atoms with Crippen LogP contribution in [0, 0.1) is 0 Å². The molecule has 1 aromatic heterocycles. The van der Waals surface area contributed by atoms with Crippen molar-refractivity contribution in [3.8, 4) is 0 Å². The van der Waals surface area contributed by atoms with Crippen molar-refractivity contribution in [1.29, 1.82) is 0 Å². The number of rotatable bonds is 3. The summed E-state index contributed by atoms with van der Waals surface area (Å²) in [4.78, 5) is 3.86. The van der Waals surface area contributed by atoms with Crippen LogP contribution in [0.4, 0.5) is 19.0 Å². The highest BCUT2D eigenvalue weighted by Crippen LogP contribution is 2.30. The molecule has 0 aliphatic heterocycles. The first-order valence-corrected chi connectivity index (χ1v) is 6.88. The molecule has 0 spiro atoms. The van der Waals surface area contributed by atoms with Crippen molar-refractivity contribution in [1.82, 2.24) is 4.98 Å². The fourth-order valence-electron chi connectivity index (χ4n) is 1.49. The maximum Gasteiger partial charge on any atom is 0.416 e. The lowest BCUT2D eigenvalue weighted by Crippen LogP contribution is -2.05. The highest BCUT2D eigenvalue weighted by molar-refractivity contribution is 6.42. The summed E-state index contributed by atoms with van der Waals surface area (Å²) in [5, 5.41) is 4.16. The minimum absolute atomic E-state index is 0.0304. The van der Waals surface area contributed by atoms with Crippen molar-refractivity contribution in [3.05, 3.63) is 56.7 Å². The summed E-state index contributed by atoms with van der Waals surface area (Å²) < 4.78 is 37.7. The molecule has 0 aliphatic carbocycles. The van der Waals surface area contributed by atoms with Crippen molar-refractivity contribution in [2.24, 2.45) is 5.10 Å². The predicted octanol–water partition coefficient (Wildman–Crippen LogP) is 5.51. The second-order valence-corrected chi connectivity index (χ2v) is 5.26. The molecule has 0 unspecified atom stereocenters. The fraction of sp³-hybridized carbons (Fsp3) is 0.0769. The summed E-state index contributed by atoms with van der Waals surface area (Å²) in [7, 11) is 0. The third-order valence-electron chi connectivity index (χ3n) is 2.48. The van der Waals surface area contributed by atoms with Crippen molar-refractivity contribution < 1.29 is 13.2 Å². The van der Waals surface area contributed by atoms with Crippen molar-refractivity contribution in [3.63, 3.8) is 0 Å². The van der Waals surface area contributed by atoms with Gasteiger partial charge in [0.05, 0.1) is 21.8 Å². The highest BCUT2D eigenvalue weighted by Gasteiger charge is 2.30. The van der Waals surface area contributed by atoms with Crippen molar-refractivity contribution in [2.75, 3.05) is 5.43 Å². The average molecular weight is 369 g/mol. The van der Waals surface area contributed by atoms with E-state index < -0.39 is 11.7 Å². The highest BCUT2D eigenvalue weighted by atomic mass is 35.5. The van der Waals surface area contributed by atoms with Crippen LogP contribution in [-0.4, -0.2) is 11.2 Å². The Morgan fingerprint density at radius 1 is 1.09 bits per heavy atom. The molecule has 0 fully saturated rings. The van der Waals surface area contributed by atoms with E-state index in [1.54, 1.807) is 0 Å². The van der Waals surface area contributed by atoms with Crippen LogP contribution in [0.1, 0.15) is 11.1 Å². The van der Waals surface area contributed by atoms with Gasteiger partial charge in [0.25, 0.3) is 0 Å². The van der Waals surface area contributed by atoms with E-state index in [0.717, 1.165) is 12.1 Å². The summed E-state index contributed by atoms with van der Waals surface area (Å²) in [6.07, 6.45) is -3.21. The molecule has 0 radical (unpaired) electrons. The largest absolute Gasteiger partial charge is 0.416 e. The Balaban J connectivity index is 2.15. The van der Waals surface area contributed by atoms with E-state index in [1.807, 2.05) is 0 Å². The number of pyridine rings is 1. The van der Waals surface area contributed by atoms with Crippen LogP contribution in [0.5, 0.6) is 0 Å². The lowest BCUT2D eigenvalue weighted by molar-refractivity contribution is -0.137. The predicted molar refractivity (Wildman–Crippen MR) is 81.9 cm³/mol. The molecule has 9 heteroatoms. The molecule has 0 atom stereocenters. The minimum atomic E-state index is -4.41. The molecule has 3 nitrogen and oxygen atoms in total. The second kappa shape index (κ2) is 6.73. The van der Waals surface area contributed by atoms with Gasteiger partial charge in [0.1, 0.15) is 5.15 Å². The van der Waals surface area contributed by atoms with Crippen molar-refractivity contribution in [2.45, 2.75) is 6.18 Å². The smallest absolute Gasteiger partial charge is 0.260 e. The van der Waals surface area contributed by atoms with Gasteiger partial charge in [0.15, 0.2) is 5.82 Å². The Morgan fingerprint density at radius 3 is 2.50 bits per heavy atom. The van der Waals surface area contributed by atoms with E-state index in [9.17, 15) is 13.2 Å². The van der Waals surface area contributed by atoms with Gasteiger partial charge in [0.2, 0.25) is 0 Å². The molecular weight excluding hydrogens is 362 g/mol. The van der Waals surface area contributed by atoms with E-state index >= 15 is 0 Å². The molecule has 2 rings (SSSR count). The minimum Gasteiger partial charge on any atom is -0.260 e. The number of benzene rings is 1. The number of hydrogen-bond donors (Lipinski definition) is 1. The Hall–Kier alpha value is -1.50. The lowest BCUT2D eigenvalue weighted by Gasteiger charge is -2.07. The maximum atomic E-state index is 12.6. The van der Waals surface area contributed by atoms with Gasteiger partial charge in [0, 0.05) is 0 Å².